The number of hydrogen-bond donors (Lipinski definition) is 2. The van der Waals surface area contributed by atoms with Crippen LogP contribution in [0.2, 0.25) is 5.02 Å². The molecule has 0 aliphatic carbocycles. The summed E-state index contributed by atoms with van der Waals surface area (Å²) in [5.41, 5.74) is 8.04. The SMILES string of the molecule is CCOCCCNC(N)=NCc1ccccc1COc1ccccc1Cl. The summed E-state index contributed by atoms with van der Waals surface area (Å²) < 4.78 is 11.1. The molecular formula is C20H26ClN3O2. The highest BCUT2D eigenvalue weighted by Crippen LogP contribution is 2.24. The van der Waals surface area contributed by atoms with Crippen LogP contribution in [-0.4, -0.2) is 25.7 Å². The zero-order valence-electron chi connectivity index (χ0n) is 15.1. The van der Waals surface area contributed by atoms with Gasteiger partial charge >= 0.3 is 0 Å². The minimum Gasteiger partial charge on any atom is -0.487 e. The highest BCUT2D eigenvalue weighted by atomic mass is 35.5. The van der Waals surface area contributed by atoms with Crippen LogP contribution >= 0.6 is 11.6 Å². The van der Waals surface area contributed by atoms with Gasteiger partial charge in [0.1, 0.15) is 12.4 Å². The van der Waals surface area contributed by atoms with Gasteiger partial charge in [-0.25, -0.2) is 4.99 Å². The van der Waals surface area contributed by atoms with E-state index in [-0.39, 0.29) is 0 Å². The molecular weight excluding hydrogens is 350 g/mol. The largest absolute Gasteiger partial charge is 0.487 e. The van der Waals surface area contributed by atoms with Crippen molar-refractivity contribution >= 4 is 17.6 Å². The Morgan fingerprint density at radius 3 is 2.62 bits per heavy atom. The Morgan fingerprint density at radius 1 is 1.12 bits per heavy atom. The molecule has 0 radical (unpaired) electrons. The number of para-hydroxylation sites is 1. The molecule has 2 rings (SSSR count). The fraction of sp³-hybridized carbons (Fsp3) is 0.350. The van der Waals surface area contributed by atoms with Gasteiger partial charge in [-0.2, -0.15) is 0 Å². The fourth-order valence-electron chi connectivity index (χ4n) is 2.33. The molecule has 0 saturated carbocycles. The smallest absolute Gasteiger partial charge is 0.188 e. The molecule has 0 fully saturated rings. The molecule has 2 aromatic carbocycles. The summed E-state index contributed by atoms with van der Waals surface area (Å²) in [4.78, 5) is 4.41. The van der Waals surface area contributed by atoms with Gasteiger partial charge in [-0.05, 0) is 36.6 Å². The van der Waals surface area contributed by atoms with E-state index >= 15 is 0 Å². The molecule has 0 unspecified atom stereocenters. The van der Waals surface area contributed by atoms with E-state index in [4.69, 9.17) is 26.8 Å². The Labute approximate surface area is 160 Å². The third-order valence-electron chi connectivity index (χ3n) is 3.73. The summed E-state index contributed by atoms with van der Waals surface area (Å²) in [7, 11) is 0. The normalized spacial score (nSPS) is 11.4. The number of benzene rings is 2. The van der Waals surface area contributed by atoms with Crippen molar-refractivity contribution in [3.63, 3.8) is 0 Å². The molecule has 0 aliphatic rings. The Morgan fingerprint density at radius 2 is 1.85 bits per heavy atom. The zero-order chi connectivity index (χ0) is 18.6. The number of hydrogen-bond acceptors (Lipinski definition) is 3. The maximum atomic E-state index is 6.13. The average molecular weight is 376 g/mol. The molecule has 0 bridgehead atoms. The topological polar surface area (TPSA) is 68.9 Å². The molecule has 140 valence electrons. The van der Waals surface area contributed by atoms with Crippen molar-refractivity contribution < 1.29 is 9.47 Å². The van der Waals surface area contributed by atoms with Gasteiger partial charge in [-0.3, -0.25) is 0 Å². The first-order valence-electron chi connectivity index (χ1n) is 8.76. The first kappa shape index (κ1) is 20.1. The molecule has 0 amide bonds. The molecule has 0 aromatic heterocycles. The van der Waals surface area contributed by atoms with Gasteiger partial charge in [0.2, 0.25) is 0 Å². The molecule has 6 heteroatoms. The predicted molar refractivity (Wildman–Crippen MR) is 107 cm³/mol. The first-order valence-corrected chi connectivity index (χ1v) is 9.14. The molecule has 2 aromatic rings. The Hall–Kier alpha value is -2.24. The standard InChI is InChI=1S/C20H26ClN3O2/c1-2-25-13-7-12-23-20(22)24-14-16-8-3-4-9-17(16)15-26-19-11-6-5-10-18(19)21/h3-6,8-11H,2,7,12-15H2,1H3,(H3,22,23,24). The van der Waals surface area contributed by atoms with Gasteiger partial charge in [0.05, 0.1) is 11.6 Å². The van der Waals surface area contributed by atoms with E-state index in [1.54, 1.807) is 0 Å². The summed E-state index contributed by atoms with van der Waals surface area (Å²) in [6.45, 7) is 5.10. The molecule has 0 spiro atoms. The second-order valence-electron chi connectivity index (χ2n) is 5.67. The van der Waals surface area contributed by atoms with Crippen LogP contribution in [0.3, 0.4) is 0 Å². The lowest BCUT2D eigenvalue weighted by Crippen LogP contribution is -2.32. The summed E-state index contributed by atoms with van der Waals surface area (Å²) in [5, 5.41) is 3.70. The fourth-order valence-corrected chi connectivity index (χ4v) is 2.52. The number of nitrogens with two attached hydrogens (primary N) is 1. The Kier molecular flexibility index (Phi) is 8.79. The monoisotopic (exact) mass is 375 g/mol. The van der Waals surface area contributed by atoms with E-state index < -0.39 is 0 Å². The van der Waals surface area contributed by atoms with Crippen molar-refractivity contribution in [2.75, 3.05) is 19.8 Å². The van der Waals surface area contributed by atoms with Gasteiger partial charge in [0, 0.05) is 19.8 Å². The van der Waals surface area contributed by atoms with Gasteiger partial charge in [-0.15, -0.1) is 0 Å². The van der Waals surface area contributed by atoms with E-state index in [1.807, 2.05) is 55.5 Å². The number of nitrogens with zero attached hydrogens (tertiary/aromatic N) is 1. The maximum absolute atomic E-state index is 6.13. The second-order valence-corrected chi connectivity index (χ2v) is 6.07. The average Bonchev–Trinajstić information content (AvgIpc) is 2.66. The number of rotatable bonds is 10. The predicted octanol–water partition coefficient (Wildman–Crippen LogP) is 3.75. The van der Waals surface area contributed by atoms with Crippen LogP contribution in [0.5, 0.6) is 5.75 Å². The van der Waals surface area contributed by atoms with Gasteiger partial charge < -0.3 is 20.5 Å². The minimum absolute atomic E-state index is 0.428. The molecule has 0 heterocycles. The Balaban J connectivity index is 1.87. The summed E-state index contributed by atoms with van der Waals surface area (Å²) >= 11 is 6.13. The van der Waals surface area contributed by atoms with Crippen LogP contribution in [0.1, 0.15) is 24.5 Å². The van der Waals surface area contributed by atoms with Crippen LogP contribution in [0.15, 0.2) is 53.5 Å². The molecule has 0 saturated heterocycles. The first-order chi connectivity index (χ1) is 12.7. The molecule has 26 heavy (non-hydrogen) atoms. The lowest BCUT2D eigenvalue weighted by atomic mass is 10.1. The van der Waals surface area contributed by atoms with E-state index in [2.05, 4.69) is 10.3 Å². The third kappa shape index (κ3) is 6.94. The molecule has 3 N–H and O–H groups in total. The van der Waals surface area contributed by atoms with Crippen LogP contribution in [0.25, 0.3) is 0 Å². The Bertz CT molecular complexity index is 707. The number of aliphatic imine (C=N–C) groups is 1. The van der Waals surface area contributed by atoms with E-state index in [9.17, 15) is 0 Å². The lowest BCUT2D eigenvalue weighted by molar-refractivity contribution is 0.145. The van der Waals surface area contributed by atoms with Crippen molar-refractivity contribution in [1.29, 1.82) is 0 Å². The van der Waals surface area contributed by atoms with Gasteiger partial charge in [-0.1, -0.05) is 48.0 Å². The van der Waals surface area contributed by atoms with Crippen molar-refractivity contribution in [2.24, 2.45) is 10.7 Å². The third-order valence-corrected chi connectivity index (χ3v) is 4.05. The number of ether oxygens (including phenoxy) is 2. The van der Waals surface area contributed by atoms with Crippen molar-refractivity contribution in [3.05, 3.63) is 64.7 Å². The maximum Gasteiger partial charge on any atom is 0.188 e. The summed E-state index contributed by atoms with van der Waals surface area (Å²) in [6.07, 6.45) is 0.895. The number of halogens is 1. The zero-order valence-corrected chi connectivity index (χ0v) is 15.8. The quantitative estimate of drug-likeness (QED) is 0.377. The molecule has 0 atom stereocenters. The van der Waals surface area contributed by atoms with Crippen molar-refractivity contribution in [3.8, 4) is 5.75 Å². The lowest BCUT2D eigenvalue weighted by Gasteiger charge is -2.11. The van der Waals surface area contributed by atoms with Crippen molar-refractivity contribution in [2.45, 2.75) is 26.5 Å². The molecule has 5 nitrogen and oxygen atoms in total. The summed E-state index contributed by atoms with van der Waals surface area (Å²) in [6, 6.07) is 15.4. The summed E-state index contributed by atoms with van der Waals surface area (Å²) in [5.74, 6) is 1.10. The highest BCUT2D eigenvalue weighted by Gasteiger charge is 2.05. The van der Waals surface area contributed by atoms with E-state index in [0.29, 0.717) is 29.9 Å². The van der Waals surface area contributed by atoms with Gasteiger partial charge in [0.15, 0.2) is 5.96 Å². The van der Waals surface area contributed by atoms with E-state index in [1.165, 1.54) is 0 Å². The van der Waals surface area contributed by atoms with E-state index in [0.717, 1.165) is 37.3 Å². The minimum atomic E-state index is 0.428. The van der Waals surface area contributed by atoms with Crippen LogP contribution in [-0.2, 0) is 17.9 Å². The number of nitrogens with one attached hydrogen (secondary N) is 1. The highest BCUT2D eigenvalue weighted by molar-refractivity contribution is 6.32. The van der Waals surface area contributed by atoms with Crippen LogP contribution < -0.4 is 15.8 Å². The van der Waals surface area contributed by atoms with Crippen molar-refractivity contribution in [1.82, 2.24) is 5.32 Å². The van der Waals surface area contributed by atoms with Crippen LogP contribution in [0.4, 0.5) is 0 Å². The van der Waals surface area contributed by atoms with Crippen LogP contribution in [0, 0.1) is 0 Å². The van der Waals surface area contributed by atoms with Gasteiger partial charge in [0.25, 0.3) is 0 Å². The molecule has 0 aliphatic heterocycles. The second kappa shape index (κ2) is 11.4. The number of guanidine groups is 1.